The molecule has 7 nitrogen and oxygen atoms in total. The summed E-state index contributed by atoms with van der Waals surface area (Å²) in [7, 11) is 0. The van der Waals surface area contributed by atoms with E-state index in [1.165, 1.54) is 12.3 Å². The molecule has 0 bridgehead atoms. The number of rotatable bonds is 6. The second-order valence-corrected chi connectivity index (χ2v) is 6.79. The van der Waals surface area contributed by atoms with Gasteiger partial charge in [0.1, 0.15) is 5.75 Å². The van der Waals surface area contributed by atoms with Crippen molar-refractivity contribution in [3.05, 3.63) is 76.8 Å². The molecule has 0 fully saturated rings. The van der Waals surface area contributed by atoms with E-state index in [1.807, 2.05) is 13.0 Å². The van der Waals surface area contributed by atoms with Gasteiger partial charge in [-0.1, -0.05) is 11.6 Å². The Morgan fingerprint density at radius 1 is 1.24 bits per heavy atom. The van der Waals surface area contributed by atoms with Crippen LogP contribution in [0.3, 0.4) is 0 Å². The van der Waals surface area contributed by atoms with Gasteiger partial charge in [0, 0.05) is 16.1 Å². The summed E-state index contributed by atoms with van der Waals surface area (Å²) in [5, 5.41) is 11.0. The highest BCUT2D eigenvalue weighted by molar-refractivity contribution is 6.31. The SMILES string of the molecule is Cc1c(NC(=O)COc2ccc(Cl)cc2C(=O)c2ccco2)ccc2[nH]ncc12. The predicted molar refractivity (Wildman–Crippen MR) is 109 cm³/mol. The number of nitrogens with zero attached hydrogens (tertiary/aromatic N) is 1. The molecule has 2 aromatic carbocycles. The molecule has 0 aliphatic heterocycles. The van der Waals surface area contributed by atoms with E-state index in [-0.39, 0.29) is 35.4 Å². The molecule has 4 aromatic rings. The standard InChI is InChI=1S/C21H16ClN3O4/c1-12-15-10-23-25-17(15)6-5-16(12)24-20(26)11-29-18-7-4-13(22)9-14(18)21(27)19-3-2-8-28-19/h2-10H,11H2,1H3,(H,23,25)(H,24,26). The monoisotopic (exact) mass is 409 g/mol. The van der Waals surface area contributed by atoms with Crippen LogP contribution in [0.5, 0.6) is 5.75 Å². The summed E-state index contributed by atoms with van der Waals surface area (Å²) in [4.78, 5) is 25.0. The molecule has 2 heterocycles. The molecule has 4 rings (SSSR count). The molecule has 0 aliphatic rings. The molecule has 0 spiro atoms. The number of halogens is 1. The van der Waals surface area contributed by atoms with E-state index in [2.05, 4.69) is 15.5 Å². The summed E-state index contributed by atoms with van der Waals surface area (Å²) >= 11 is 6.02. The van der Waals surface area contributed by atoms with Crippen molar-refractivity contribution in [2.45, 2.75) is 6.92 Å². The Morgan fingerprint density at radius 3 is 2.90 bits per heavy atom. The van der Waals surface area contributed by atoms with Gasteiger partial charge in [-0.3, -0.25) is 14.7 Å². The maximum Gasteiger partial charge on any atom is 0.262 e. The molecule has 8 heteroatoms. The third-order valence-corrected chi connectivity index (χ3v) is 4.69. The molecule has 1 amide bonds. The minimum absolute atomic E-state index is 0.158. The van der Waals surface area contributed by atoms with Gasteiger partial charge in [-0.2, -0.15) is 5.10 Å². The smallest absolute Gasteiger partial charge is 0.262 e. The number of carbonyl (C=O) groups excluding carboxylic acids is 2. The van der Waals surface area contributed by atoms with E-state index in [0.717, 1.165) is 16.5 Å². The van der Waals surface area contributed by atoms with E-state index in [9.17, 15) is 9.59 Å². The summed E-state index contributed by atoms with van der Waals surface area (Å²) in [6, 6.07) is 11.4. The first-order chi connectivity index (χ1) is 14.0. The minimum Gasteiger partial charge on any atom is -0.483 e. The van der Waals surface area contributed by atoms with Crippen LogP contribution in [0.15, 0.2) is 59.3 Å². The summed E-state index contributed by atoms with van der Waals surface area (Å²) in [6.45, 7) is 1.62. The first-order valence-corrected chi connectivity index (χ1v) is 9.14. The van der Waals surface area contributed by atoms with Gasteiger partial charge in [0.15, 0.2) is 12.4 Å². The highest BCUT2D eigenvalue weighted by Gasteiger charge is 2.19. The molecule has 0 aliphatic carbocycles. The Balaban J connectivity index is 1.49. The van der Waals surface area contributed by atoms with Crippen LogP contribution in [-0.4, -0.2) is 28.5 Å². The lowest BCUT2D eigenvalue weighted by Crippen LogP contribution is -2.21. The third-order valence-electron chi connectivity index (χ3n) is 4.46. The molecule has 0 atom stereocenters. The van der Waals surface area contributed by atoms with E-state index in [1.54, 1.807) is 36.5 Å². The molecule has 29 heavy (non-hydrogen) atoms. The number of H-pyrrole nitrogens is 1. The number of anilines is 1. The van der Waals surface area contributed by atoms with Crippen LogP contribution >= 0.6 is 11.6 Å². The number of nitrogens with one attached hydrogen (secondary N) is 2. The predicted octanol–water partition coefficient (Wildman–Crippen LogP) is 4.37. The number of aryl methyl sites for hydroxylation is 1. The van der Waals surface area contributed by atoms with Crippen molar-refractivity contribution >= 4 is 39.9 Å². The molecule has 2 aromatic heterocycles. The quantitative estimate of drug-likeness (QED) is 0.461. The number of carbonyl (C=O) groups is 2. The van der Waals surface area contributed by atoms with Gasteiger partial charge >= 0.3 is 0 Å². The Labute approximate surface area is 170 Å². The van der Waals surface area contributed by atoms with E-state index >= 15 is 0 Å². The summed E-state index contributed by atoms with van der Waals surface area (Å²) in [6.07, 6.45) is 3.11. The lowest BCUT2D eigenvalue weighted by Gasteiger charge is -2.12. The van der Waals surface area contributed by atoms with Crippen LogP contribution in [-0.2, 0) is 4.79 Å². The van der Waals surface area contributed by atoms with Crippen molar-refractivity contribution in [2.75, 3.05) is 11.9 Å². The molecular formula is C21H16ClN3O4. The van der Waals surface area contributed by atoms with E-state index in [0.29, 0.717) is 10.7 Å². The summed E-state index contributed by atoms with van der Waals surface area (Å²) in [5.74, 6) is -0.338. The normalized spacial score (nSPS) is 10.8. The fraction of sp³-hybridized carbons (Fsp3) is 0.0952. The zero-order chi connectivity index (χ0) is 20.4. The van der Waals surface area contributed by atoms with Gasteiger partial charge < -0.3 is 14.5 Å². The second kappa shape index (κ2) is 7.81. The molecule has 0 saturated heterocycles. The minimum atomic E-state index is -0.380. The zero-order valence-electron chi connectivity index (χ0n) is 15.4. The van der Waals surface area contributed by atoms with Crippen LogP contribution in [0.25, 0.3) is 10.9 Å². The Bertz CT molecular complexity index is 1200. The summed E-state index contributed by atoms with van der Waals surface area (Å²) < 4.78 is 10.8. The lowest BCUT2D eigenvalue weighted by atomic mass is 10.1. The van der Waals surface area contributed by atoms with Crippen molar-refractivity contribution in [3.63, 3.8) is 0 Å². The number of hydrogen-bond acceptors (Lipinski definition) is 5. The average molecular weight is 410 g/mol. The van der Waals surface area contributed by atoms with Gasteiger partial charge in [0.05, 0.1) is 23.5 Å². The molecule has 0 saturated carbocycles. The average Bonchev–Trinajstić information content (AvgIpc) is 3.41. The lowest BCUT2D eigenvalue weighted by molar-refractivity contribution is -0.118. The van der Waals surface area contributed by atoms with Gasteiger partial charge in [-0.05, 0) is 55.0 Å². The Kier molecular flexibility index (Phi) is 5.05. The first-order valence-electron chi connectivity index (χ1n) is 8.76. The van der Waals surface area contributed by atoms with Gasteiger partial charge in [0.2, 0.25) is 5.78 Å². The summed E-state index contributed by atoms with van der Waals surface area (Å²) in [5.41, 5.74) is 2.66. The van der Waals surface area contributed by atoms with Crippen molar-refractivity contribution < 1.29 is 18.7 Å². The van der Waals surface area contributed by atoms with Crippen molar-refractivity contribution in [1.29, 1.82) is 0 Å². The van der Waals surface area contributed by atoms with Crippen LogP contribution < -0.4 is 10.1 Å². The number of ketones is 1. The number of hydrogen-bond donors (Lipinski definition) is 2. The number of amides is 1. The number of ether oxygens (including phenoxy) is 1. The molecule has 0 unspecified atom stereocenters. The number of aromatic amines is 1. The number of benzene rings is 2. The fourth-order valence-electron chi connectivity index (χ4n) is 2.97. The van der Waals surface area contributed by atoms with Gasteiger partial charge in [-0.15, -0.1) is 0 Å². The van der Waals surface area contributed by atoms with E-state index in [4.69, 9.17) is 20.8 Å². The number of furan rings is 1. The van der Waals surface area contributed by atoms with Crippen LogP contribution in [0.1, 0.15) is 21.7 Å². The largest absolute Gasteiger partial charge is 0.483 e. The van der Waals surface area contributed by atoms with Crippen molar-refractivity contribution in [2.24, 2.45) is 0 Å². The first kappa shape index (κ1) is 18.8. The topological polar surface area (TPSA) is 97.2 Å². The van der Waals surface area contributed by atoms with Crippen LogP contribution in [0.4, 0.5) is 5.69 Å². The van der Waals surface area contributed by atoms with Crippen LogP contribution in [0, 0.1) is 6.92 Å². The Hall–Kier alpha value is -3.58. The van der Waals surface area contributed by atoms with Gasteiger partial charge in [0.25, 0.3) is 5.91 Å². The van der Waals surface area contributed by atoms with E-state index < -0.39 is 0 Å². The highest BCUT2D eigenvalue weighted by Crippen LogP contribution is 2.27. The number of aromatic nitrogens is 2. The Morgan fingerprint density at radius 2 is 2.10 bits per heavy atom. The second-order valence-electron chi connectivity index (χ2n) is 6.35. The van der Waals surface area contributed by atoms with Crippen LogP contribution in [0.2, 0.25) is 5.02 Å². The molecule has 146 valence electrons. The van der Waals surface area contributed by atoms with Crippen molar-refractivity contribution in [3.8, 4) is 5.75 Å². The number of fused-ring (bicyclic) bond motifs is 1. The highest BCUT2D eigenvalue weighted by atomic mass is 35.5. The maximum atomic E-state index is 12.6. The molecule has 0 radical (unpaired) electrons. The fourth-order valence-corrected chi connectivity index (χ4v) is 3.14. The van der Waals surface area contributed by atoms with Crippen molar-refractivity contribution in [1.82, 2.24) is 10.2 Å². The third kappa shape index (κ3) is 3.86. The molecule has 2 N–H and O–H groups in total. The zero-order valence-corrected chi connectivity index (χ0v) is 16.1. The maximum absolute atomic E-state index is 12.6. The molecular weight excluding hydrogens is 394 g/mol. The van der Waals surface area contributed by atoms with Gasteiger partial charge in [-0.25, -0.2) is 0 Å².